The quantitative estimate of drug-likeness (QED) is 0.0317. The molecule has 1 atom stereocenters. The second-order valence-corrected chi connectivity index (χ2v) is 50.8. The molecule has 3 spiro atoms. The molecule has 3 N–H and O–H groups in total. The zero-order valence-electron chi connectivity index (χ0n) is 92.3. The Hall–Kier alpha value is -6.45. The monoisotopic (exact) mass is 1940 g/mol. The Kier molecular flexibility index (Phi) is 36.0. The van der Waals surface area contributed by atoms with Crippen molar-refractivity contribution in [3.8, 4) is 5.75 Å². The van der Waals surface area contributed by atoms with E-state index < -0.39 is 17.7 Å². The fraction of sp³-hybridized carbons (Fsp3) is 0.741. The van der Waals surface area contributed by atoms with Crippen LogP contribution in [0.25, 0.3) is 0 Å². The molecule has 0 radical (unpaired) electrons. The van der Waals surface area contributed by atoms with Crippen molar-refractivity contribution in [3.63, 3.8) is 0 Å². The zero-order chi connectivity index (χ0) is 104. The third-order valence-electron chi connectivity index (χ3n) is 30.5. The van der Waals surface area contributed by atoms with Crippen molar-refractivity contribution in [2.24, 2.45) is 11.3 Å². The number of likely N-dealkylation sites (tertiary alicyclic amines) is 1. The van der Waals surface area contributed by atoms with Gasteiger partial charge in [0.05, 0.1) is 79.1 Å². The predicted octanol–water partition coefficient (Wildman–Crippen LogP) is 20.3. The smallest absolute Gasteiger partial charge is 0.338 e. The van der Waals surface area contributed by atoms with E-state index in [1.54, 1.807) is 52.7 Å². The Labute approximate surface area is 836 Å². The molecule has 9 fully saturated rings. The molecule has 27 heteroatoms. The summed E-state index contributed by atoms with van der Waals surface area (Å²) in [5, 5.41) is 21.9. The number of rotatable bonds is 25. The van der Waals surface area contributed by atoms with Gasteiger partial charge in [-0.1, -0.05) is 104 Å². The van der Waals surface area contributed by atoms with Crippen molar-refractivity contribution in [3.05, 3.63) is 137 Å². The van der Waals surface area contributed by atoms with Crippen LogP contribution in [-0.2, 0) is 80.3 Å². The molecule has 13 rings (SSSR count). The number of hydrogen-bond acceptors (Lipinski definition) is 24. The van der Waals surface area contributed by atoms with Gasteiger partial charge in [0, 0.05) is 146 Å². The number of benzene rings is 4. The van der Waals surface area contributed by atoms with Gasteiger partial charge in [-0.2, -0.15) is 30.4 Å². The molecule has 9 aliphatic rings. The number of carbonyl (C=O) groups excluding carboxylic acids is 5. The second kappa shape index (κ2) is 43.7. The van der Waals surface area contributed by atoms with Crippen LogP contribution in [0.4, 0.5) is 0 Å². The van der Waals surface area contributed by atoms with Gasteiger partial charge in [-0.3, -0.25) is 33.8 Å². The number of amides is 3. The molecule has 0 aromatic heterocycles. The summed E-state index contributed by atoms with van der Waals surface area (Å²) in [6.45, 7) is 70.0. The summed E-state index contributed by atoms with van der Waals surface area (Å²) in [7, 11) is 9.04. The maximum atomic E-state index is 13.8. The van der Waals surface area contributed by atoms with Gasteiger partial charge in [-0.25, -0.2) is 4.79 Å². The number of nitrogens with one attached hydrogen (secondary N) is 3. The van der Waals surface area contributed by atoms with E-state index in [1.807, 2.05) is 60.5 Å². The van der Waals surface area contributed by atoms with Crippen LogP contribution in [0.15, 0.2) is 103 Å². The first-order chi connectivity index (χ1) is 64.1. The van der Waals surface area contributed by atoms with Gasteiger partial charge >= 0.3 is 5.97 Å². The first-order valence-electron chi connectivity index (χ1n) is 51.2. The Morgan fingerprint density at radius 3 is 1.08 bits per heavy atom. The van der Waals surface area contributed by atoms with Gasteiger partial charge in [-0.05, 0) is 314 Å². The van der Waals surface area contributed by atoms with Crippen molar-refractivity contribution >= 4 is 29.5 Å². The number of aryl methyl sites for hydroxylation is 2. The van der Waals surface area contributed by atoms with Crippen LogP contribution in [-0.4, -0.2) is 246 Å². The number of unbranched alkanes of at least 4 members (excludes halogenated alkanes) is 1. The topological polar surface area (TPSA) is 255 Å². The van der Waals surface area contributed by atoms with Crippen LogP contribution >= 0.6 is 0 Å². The van der Waals surface area contributed by atoms with Gasteiger partial charge in [0.25, 0.3) is 5.91 Å². The molecule has 3 amide bonds. The largest absolute Gasteiger partial charge is 0.480 e. The van der Waals surface area contributed by atoms with Crippen molar-refractivity contribution in [2.45, 2.75) is 463 Å². The minimum absolute atomic E-state index is 0.00551. The number of piperidine rings is 7. The molecule has 1 unspecified atom stereocenters. The Morgan fingerprint density at radius 2 is 0.727 bits per heavy atom. The molecule has 9 aliphatic heterocycles. The molecule has 139 heavy (non-hydrogen) atoms. The van der Waals surface area contributed by atoms with Crippen LogP contribution in [0, 0.1) is 25.2 Å². The van der Waals surface area contributed by atoms with Crippen LogP contribution in [0.3, 0.4) is 0 Å². The molecule has 0 aliphatic carbocycles. The van der Waals surface area contributed by atoms with E-state index >= 15 is 0 Å². The van der Waals surface area contributed by atoms with Crippen LogP contribution < -0.4 is 20.7 Å². The molecular formula is C112H182N10O17. The lowest BCUT2D eigenvalue weighted by Gasteiger charge is -2.61. The third kappa shape index (κ3) is 28.1. The number of ether oxygens (including phenoxy) is 6. The maximum absolute atomic E-state index is 13.8. The van der Waals surface area contributed by atoms with E-state index in [2.05, 4.69) is 291 Å². The third-order valence-corrected chi connectivity index (χ3v) is 30.5. The highest BCUT2D eigenvalue weighted by molar-refractivity contribution is 5.99. The highest BCUT2D eigenvalue weighted by Crippen LogP contribution is 2.54. The van der Waals surface area contributed by atoms with Crippen LogP contribution in [0.1, 0.15) is 359 Å². The van der Waals surface area contributed by atoms with Crippen molar-refractivity contribution in [1.82, 2.24) is 51.2 Å². The summed E-state index contributed by atoms with van der Waals surface area (Å²) in [5.41, 5.74) is 2.29. The van der Waals surface area contributed by atoms with Crippen molar-refractivity contribution in [1.29, 1.82) is 0 Å². The minimum Gasteiger partial charge on any atom is -0.480 e. The predicted molar refractivity (Wildman–Crippen MR) is 546 cm³/mol. The highest BCUT2D eigenvalue weighted by Gasteiger charge is 2.63. The Balaban J connectivity index is 0.000000195. The van der Waals surface area contributed by atoms with Crippen molar-refractivity contribution in [2.75, 3.05) is 61.9 Å². The van der Waals surface area contributed by atoms with E-state index in [1.165, 1.54) is 5.56 Å². The standard InChI is InChI=1S/C40H52N2O5.C25H46N2O6.C24H40N2O3.C23H44N4O3/c1-37(2)23-33(24-38(3,4)41(37)45-27-29-15-11-9-12-16-29)35(43)31-19-21-32(22-20-31)36(44)47-34-25-39(5,6)42(40(7,8)26-34)46-28-30-17-13-10-14-18-30;1-19(2)11-24(12-20(3,4)26(19)28-9)30-15-23(16-31-24)17-32-25(33-18-23)13-21(5,6)27(29-10)22(7,8)14-25;1-9-10-11-21(29-20-13-12-17(2)14-18(20)3)22(27)25-19-15-23(4,5)26(28-8)24(6,7)16-19;1-20(2)12-16(13-21(3,4)26(20)9)24-18(28)11-19(29)25-17-14-22(5,6)27(30-10)23(7,8)15-17/h9-22,33-34H,23-28H2,1-8H3;11-18H2,1-10H3;12-14,19,21H,9-11,15-16H2,1-8H3,(H,25,27);16-17H,11-15H2,1-10H3,(H,24,28)(H,25,29). The van der Waals surface area contributed by atoms with E-state index in [0.29, 0.717) is 76.5 Å². The molecule has 782 valence electrons. The van der Waals surface area contributed by atoms with Crippen LogP contribution in [0.2, 0.25) is 0 Å². The minimum atomic E-state index is -0.615. The molecule has 0 bridgehead atoms. The first-order valence-corrected chi connectivity index (χ1v) is 51.2. The summed E-state index contributed by atoms with van der Waals surface area (Å²) in [6.07, 6.45) is 12.4. The average molecular weight is 1940 g/mol. The van der Waals surface area contributed by atoms with E-state index in [4.69, 9.17) is 57.4 Å². The van der Waals surface area contributed by atoms with Gasteiger partial charge in [0.1, 0.15) is 18.3 Å². The molecule has 4 aromatic rings. The molecule has 9 saturated heterocycles. The Morgan fingerprint density at radius 1 is 0.396 bits per heavy atom. The van der Waals surface area contributed by atoms with E-state index in [0.717, 1.165) is 106 Å². The number of ketones is 1. The number of hydroxylamine groups is 12. The SMILES string of the molecule is CC1(C)CC(OC(=O)c2ccc(C(=O)C3CC(C)(C)N(OCc4ccccc4)C(C)(C)C3)cc2)CC(C)(C)N1OCc1ccccc1.CCCCC(Oc1ccc(C)cc1C)C(=O)NC1CC(C)(C)N(OC)C(C)(C)C1.CON1C(C)(C)CC(NC(=O)CC(=O)NC2CC(C)(C)N(C)C(C)(C)C2)CC1(C)C.CON1C(C)(C)CC2(CC1(C)C)OCC1(CO2)COC2(CC(C)(C)N(OC)C(C)(C)C2)OC1. The summed E-state index contributed by atoms with van der Waals surface area (Å²) in [5.74, 6) is -1.28. The zero-order valence-corrected chi connectivity index (χ0v) is 92.3. The average Bonchev–Trinajstić information content (AvgIpc) is 0.719. The fourth-order valence-electron chi connectivity index (χ4n) is 26.5. The lowest BCUT2D eigenvalue weighted by atomic mass is 9.72. The molecular weight excluding hydrogens is 1760 g/mol. The normalized spacial score (nSPS) is 25.3. The van der Waals surface area contributed by atoms with Crippen molar-refractivity contribution < 1.29 is 81.4 Å². The van der Waals surface area contributed by atoms with Gasteiger partial charge in [-0.15, -0.1) is 0 Å². The maximum Gasteiger partial charge on any atom is 0.338 e. The number of carbonyl (C=O) groups is 5. The number of Topliss-reactive ketones (excluding diaryl/α,β-unsaturated/α-hetero) is 1. The van der Waals surface area contributed by atoms with Gasteiger partial charge in [0.2, 0.25) is 11.8 Å². The summed E-state index contributed by atoms with van der Waals surface area (Å²) >= 11 is 0. The van der Waals surface area contributed by atoms with Crippen LogP contribution in [0.5, 0.6) is 5.75 Å². The summed E-state index contributed by atoms with van der Waals surface area (Å²) in [4.78, 5) is 103. The fourth-order valence-corrected chi connectivity index (χ4v) is 26.5. The lowest BCUT2D eigenvalue weighted by Crippen LogP contribution is -2.70. The van der Waals surface area contributed by atoms with Gasteiger partial charge in [0.15, 0.2) is 23.5 Å². The number of hydrogen-bond donors (Lipinski definition) is 3. The molecule has 4 aromatic carbocycles. The number of esters is 1. The summed E-state index contributed by atoms with van der Waals surface area (Å²) in [6, 6.07) is 33.5. The molecule has 9 heterocycles. The highest BCUT2D eigenvalue weighted by atomic mass is 16.7. The van der Waals surface area contributed by atoms with E-state index in [9.17, 15) is 24.0 Å². The van der Waals surface area contributed by atoms with E-state index in [-0.39, 0.29) is 149 Å². The molecule has 27 nitrogen and oxygen atoms in total. The second-order valence-electron chi connectivity index (χ2n) is 50.8. The Bertz CT molecular complexity index is 4540. The lowest BCUT2D eigenvalue weighted by molar-refractivity contribution is -0.416. The van der Waals surface area contributed by atoms with Gasteiger partial charge < -0.3 is 63.7 Å². The molecule has 0 saturated carbocycles. The number of nitrogens with zero attached hydrogens (tertiary/aromatic N) is 7. The summed E-state index contributed by atoms with van der Waals surface area (Å²) < 4.78 is 38.5. The first kappa shape index (κ1) is 114.